The van der Waals surface area contributed by atoms with Crippen LogP contribution in [0, 0.1) is 23.2 Å². The number of amides is 5. The van der Waals surface area contributed by atoms with Crippen LogP contribution in [0.4, 0.5) is 0 Å². The Kier molecular flexibility index (Phi) is 11.1. The topological polar surface area (TPSA) is 171 Å². The van der Waals surface area contributed by atoms with E-state index in [9.17, 15) is 28.8 Å². The molecule has 2 aliphatic carbocycles. The Morgan fingerprint density at radius 3 is 2.34 bits per heavy atom. The Bertz CT molecular complexity index is 1480. The molecule has 13 nitrogen and oxygen atoms in total. The third-order valence-electron chi connectivity index (χ3n) is 11.0. The minimum atomic E-state index is -1.01. The summed E-state index contributed by atoms with van der Waals surface area (Å²) in [6, 6.07) is -3.63. The van der Waals surface area contributed by atoms with Gasteiger partial charge in [-0.1, -0.05) is 72.8 Å². The van der Waals surface area contributed by atoms with E-state index in [4.69, 9.17) is 0 Å². The summed E-state index contributed by atoms with van der Waals surface area (Å²) in [6.45, 7) is 13.8. The second-order valence-electron chi connectivity index (χ2n) is 15.9. The maximum absolute atomic E-state index is 15.0. The zero-order valence-electron chi connectivity index (χ0n) is 30.1. The van der Waals surface area contributed by atoms with Crippen molar-refractivity contribution in [3.8, 4) is 0 Å². The minimum Gasteiger partial charge on any atom is -0.346 e. The number of hydrogen-bond donors (Lipinski definition) is 3. The number of nitrogens with one attached hydrogen (secondary N) is 3. The van der Waals surface area contributed by atoms with Crippen LogP contribution in [0.2, 0.25) is 0 Å². The molecule has 5 rings (SSSR count). The van der Waals surface area contributed by atoms with Crippen LogP contribution in [0.1, 0.15) is 103 Å². The van der Waals surface area contributed by atoms with E-state index in [1.807, 2.05) is 34.6 Å². The van der Waals surface area contributed by atoms with E-state index in [0.29, 0.717) is 32.2 Å². The lowest BCUT2D eigenvalue weighted by Crippen LogP contribution is -2.83. The van der Waals surface area contributed by atoms with Gasteiger partial charge in [-0.25, -0.2) is 4.98 Å². The summed E-state index contributed by atoms with van der Waals surface area (Å²) in [5.74, 6) is -3.02. The molecule has 0 aromatic carbocycles. The Balaban J connectivity index is 1.43. The molecule has 272 valence electrons. The lowest BCUT2D eigenvalue weighted by atomic mass is 9.65. The molecular weight excluding hydrogens is 638 g/mol. The number of Topliss-reactive ketones (excluding diaryl/α,β-unsaturated/α-hetero) is 1. The normalized spacial score (nSPS) is 24.3. The van der Waals surface area contributed by atoms with E-state index >= 15 is 0 Å². The van der Waals surface area contributed by atoms with Gasteiger partial charge in [0.15, 0.2) is 0 Å². The maximum Gasteiger partial charge on any atom is 0.289 e. The zero-order valence-corrected chi connectivity index (χ0v) is 30.1. The molecule has 1 spiro atoms. The predicted molar refractivity (Wildman–Crippen MR) is 185 cm³/mol. The Morgan fingerprint density at radius 1 is 1.06 bits per heavy atom. The third kappa shape index (κ3) is 7.46. The van der Waals surface area contributed by atoms with E-state index in [-0.39, 0.29) is 41.8 Å². The summed E-state index contributed by atoms with van der Waals surface area (Å²) in [4.78, 5) is 94.0. The molecule has 3 N–H and O–H groups in total. The molecule has 1 unspecified atom stereocenters. The first-order valence-corrected chi connectivity index (χ1v) is 18.1. The van der Waals surface area contributed by atoms with Crippen molar-refractivity contribution in [3.05, 3.63) is 36.9 Å². The molecule has 1 aromatic rings. The summed E-state index contributed by atoms with van der Waals surface area (Å²) < 4.78 is 0. The Labute approximate surface area is 294 Å². The van der Waals surface area contributed by atoms with Gasteiger partial charge < -0.3 is 25.8 Å². The number of carbonyl (C=O) groups excluding carboxylic acids is 6. The molecule has 2 aliphatic heterocycles. The molecule has 2 saturated carbocycles. The van der Waals surface area contributed by atoms with E-state index in [1.165, 1.54) is 24.7 Å². The summed E-state index contributed by atoms with van der Waals surface area (Å²) in [5, 5.41) is 8.34. The highest BCUT2D eigenvalue weighted by atomic mass is 16.2. The van der Waals surface area contributed by atoms with Crippen molar-refractivity contribution in [1.29, 1.82) is 0 Å². The molecular formula is C37H53N7O6. The van der Waals surface area contributed by atoms with Crippen molar-refractivity contribution in [2.45, 2.75) is 122 Å². The van der Waals surface area contributed by atoms with Gasteiger partial charge in [0.05, 0.1) is 17.8 Å². The molecule has 3 heterocycles. The predicted octanol–water partition coefficient (Wildman–Crippen LogP) is 2.56. The van der Waals surface area contributed by atoms with Crippen molar-refractivity contribution in [2.24, 2.45) is 23.2 Å². The van der Waals surface area contributed by atoms with Gasteiger partial charge in [-0.15, -0.1) is 6.58 Å². The van der Waals surface area contributed by atoms with Crippen LogP contribution >= 0.6 is 0 Å². The first-order chi connectivity index (χ1) is 23.7. The Morgan fingerprint density at radius 2 is 1.76 bits per heavy atom. The summed E-state index contributed by atoms with van der Waals surface area (Å²) in [7, 11) is 0. The van der Waals surface area contributed by atoms with Gasteiger partial charge in [-0.05, 0) is 48.9 Å². The largest absolute Gasteiger partial charge is 0.346 e. The number of carbonyl (C=O) groups is 6. The number of aromatic nitrogens is 2. The second-order valence-corrected chi connectivity index (χ2v) is 15.9. The van der Waals surface area contributed by atoms with Crippen LogP contribution in [0.25, 0.3) is 0 Å². The monoisotopic (exact) mass is 691 g/mol. The average molecular weight is 692 g/mol. The molecule has 0 bridgehead atoms. The number of hydrogen-bond acceptors (Lipinski definition) is 8. The highest BCUT2D eigenvalue weighted by Crippen LogP contribution is 2.49. The van der Waals surface area contributed by atoms with Crippen LogP contribution in [0.15, 0.2) is 31.2 Å². The summed E-state index contributed by atoms with van der Waals surface area (Å²) in [5.41, 5.74) is -1.38. The first kappa shape index (κ1) is 37.1. The first-order valence-electron chi connectivity index (χ1n) is 18.1. The quantitative estimate of drug-likeness (QED) is 0.161. The van der Waals surface area contributed by atoms with E-state index in [2.05, 4.69) is 32.5 Å². The van der Waals surface area contributed by atoms with Crippen LogP contribution in [0.5, 0.6) is 0 Å². The fourth-order valence-corrected chi connectivity index (χ4v) is 8.27. The van der Waals surface area contributed by atoms with Gasteiger partial charge in [0, 0.05) is 25.5 Å². The van der Waals surface area contributed by atoms with Crippen molar-refractivity contribution in [1.82, 2.24) is 35.7 Å². The van der Waals surface area contributed by atoms with Crippen LogP contribution in [-0.4, -0.2) is 97.9 Å². The second kappa shape index (κ2) is 15.0. The maximum atomic E-state index is 15.0. The van der Waals surface area contributed by atoms with Gasteiger partial charge in [-0.3, -0.25) is 33.8 Å². The van der Waals surface area contributed by atoms with Crippen LogP contribution in [-0.2, 0) is 24.0 Å². The Hall–Kier alpha value is -4.16. The summed E-state index contributed by atoms with van der Waals surface area (Å²) >= 11 is 0. The molecule has 50 heavy (non-hydrogen) atoms. The van der Waals surface area contributed by atoms with Crippen molar-refractivity contribution < 1.29 is 28.8 Å². The molecule has 4 fully saturated rings. The molecule has 13 heteroatoms. The van der Waals surface area contributed by atoms with Gasteiger partial charge in [0.1, 0.15) is 23.8 Å². The van der Waals surface area contributed by atoms with Crippen molar-refractivity contribution in [2.75, 3.05) is 13.1 Å². The summed E-state index contributed by atoms with van der Waals surface area (Å²) in [6.07, 6.45) is 12.4. The third-order valence-corrected chi connectivity index (χ3v) is 11.0. The molecule has 2 saturated heterocycles. The molecule has 1 aromatic heterocycles. The molecule has 5 amide bonds. The van der Waals surface area contributed by atoms with Crippen LogP contribution in [0.3, 0.4) is 0 Å². The van der Waals surface area contributed by atoms with Crippen molar-refractivity contribution >= 4 is 35.3 Å². The van der Waals surface area contributed by atoms with E-state index < -0.39 is 58.6 Å². The standard InChI is InChI=1S/C37H53N7O6/c1-7-16-40-33(48)28(45)25(20-23-11-12-23)41-32(47)27-24(22(2)3)13-19-43(27)35(50)30(36(4,5)6)44-34(49)29(37(44)14-9-8-10-15-37)42-31(46)26-21-38-17-18-39-26/h7,17-18,21-25,27,29-30H,1,8-16,19-20H2,2-6H3,(H,40,48)(H,41,47)(H,42,46)/t24-,25?,27+,29-,30-/m1/s1. The molecule has 4 aliphatic rings. The fraction of sp³-hybridized carbons (Fsp3) is 0.676. The number of rotatable bonds is 13. The van der Waals surface area contributed by atoms with E-state index in [0.717, 1.165) is 32.1 Å². The van der Waals surface area contributed by atoms with Gasteiger partial charge in [-0.2, -0.15) is 0 Å². The zero-order chi connectivity index (χ0) is 36.4. The van der Waals surface area contributed by atoms with Crippen molar-refractivity contribution in [3.63, 3.8) is 0 Å². The smallest absolute Gasteiger partial charge is 0.289 e. The van der Waals surface area contributed by atoms with Gasteiger partial charge in [0.2, 0.25) is 23.5 Å². The number of β-lactam (4-membered cyclic amide) rings is 1. The average Bonchev–Trinajstić information content (AvgIpc) is 3.80. The number of ketones is 1. The van der Waals surface area contributed by atoms with Gasteiger partial charge >= 0.3 is 0 Å². The molecule has 5 atom stereocenters. The van der Waals surface area contributed by atoms with E-state index in [1.54, 1.807) is 9.80 Å². The number of likely N-dealkylation sites (tertiary alicyclic amines) is 2. The minimum absolute atomic E-state index is 0.0427. The number of nitrogens with zero attached hydrogens (tertiary/aromatic N) is 4. The molecule has 0 radical (unpaired) electrons. The van der Waals surface area contributed by atoms with Gasteiger partial charge in [0.25, 0.3) is 11.8 Å². The highest BCUT2D eigenvalue weighted by Gasteiger charge is 2.66. The highest BCUT2D eigenvalue weighted by molar-refractivity contribution is 6.38. The lowest BCUT2D eigenvalue weighted by molar-refractivity contribution is -0.187. The lowest BCUT2D eigenvalue weighted by Gasteiger charge is -2.63. The van der Waals surface area contributed by atoms with Crippen LogP contribution < -0.4 is 16.0 Å². The fourth-order valence-electron chi connectivity index (χ4n) is 8.27. The SMILES string of the molecule is C=CCNC(=O)C(=O)C(CC1CC1)NC(=O)[C@@H]1[C@@H](C(C)C)CCN1C(=O)[C@@H](N1C(=O)[C@@H](NC(=O)c2cnccn2)C12CCCCC2)C(C)(C)C.